The van der Waals surface area contributed by atoms with Crippen LogP contribution in [0.2, 0.25) is 0 Å². The Labute approximate surface area is 76.7 Å². The average Bonchev–Trinajstić information content (AvgIpc) is 2.15. The van der Waals surface area contributed by atoms with Crippen molar-refractivity contribution in [2.75, 3.05) is 0 Å². The zero-order valence-corrected chi connectivity index (χ0v) is 7.18. The first-order valence-electron chi connectivity index (χ1n) is 3.96. The van der Waals surface area contributed by atoms with Gasteiger partial charge in [0.2, 0.25) is 0 Å². The van der Waals surface area contributed by atoms with Crippen LogP contribution in [0.3, 0.4) is 0 Å². The lowest BCUT2D eigenvalue weighted by molar-refractivity contribution is -0.137. The number of hydrogen-bond acceptors (Lipinski definition) is 2. The van der Waals surface area contributed by atoms with Gasteiger partial charge in [0.1, 0.15) is 0 Å². The van der Waals surface area contributed by atoms with E-state index in [2.05, 4.69) is 11.7 Å². The summed E-state index contributed by atoms with van der Waals surface area (Å²) in [4.78, 5) is 14.2. The first kappa shape index (κ1) is 9.45. The number of hydrogen-bond donors (Lipinski definition) is 1. The van der Waals surface area contributed by atoms with Crippen molar-refractivity contribution in [1.29, 1.82) is 0 Å². The molecular formula is C10H11NO2. The van der Waals surface area contributed by atoms with Gasteiger partial charge in [0.15, 0.2) is 0 Å². The summed E-state index contributed by atoms with van der Waals surface area (Å²) in [7, 11) is 0. The molecule has 0 aliphatic rings. The van der Waals surface area contributed by atoms with Gasteiger partial charge in [0.05, 0.1) is 12.5 Å². The number of aliphatic imine (C=N–C) groups is 1. The molecule has 0 fully saturated rings. The summed E-state index contributed by atoms with van der Waals surface area (Å²) >= 11 is 0. The van der Waals surface area contributed by atoms with Crippen LogP contribution in [-0.4, -0.2) is 17.8 Å². The lowest BCUT2D eigenvalue weighted by Crippen LogP contribution is -2.03. The molecule has 68 valence electrons. The smallest absolute Gasteiger partial charge is 0.305 e. The minimum Gasteiger partial charge on any atom is -0.481 e. The molecule has 1 rings (SSSR count). The number of carboxylic acids is 1. The van der Waals surface area contributed by atoms with Crippen molar-refractivity contribution in [1.82, 2.24) is 0 Å². The molecule has 3 heteroatoms. The highest BCUT2D eigenvalue weighted by atomic mass is 16.4. The Morgan fingerprint density at radius 2 is 2.08 bits per heavy atom. The van der Waals surface area contributed by atoms with Crippen LogP contribution in [0.15, 0.2) is 35.3 Å². The van der Waals surface area contributed by atoms with Crippen LogP contribution >= 0.6 is 0 Å². The molecule has 13 heavy (non-hydrogen) atoms. The molecule has 1 aromatic carbocycles. The van der Waals surface area contributed by atoms with Crippen molar-refractivity contribution in [2.24, 2.45) is 4.99 Å². The Morgan fingerprint density at radius 1 is 1.46 bits per heavy atom. The van der Waals surface area contributed by atoms with E-state index in [-0.39, 0.29) is 12.5 Å². The van der Waals surface area contributed by atoms with E-state index in [0.29, 0.717) is 0 Å². The van der Waals surface area contributed by atoms with Crippen LogP contribution in [0.4, 0.5) is 0 Å². The Kier molecular flexibility index (Phi) is 3.20. The number of carboxylic acid groups (broad SMARTS) is 1. The maximum absolute atomic E-state index is 10.5. The van der Waals surface area contributed by atoms with Crippen molar-refractivity contribution in [3.05, 3.63) is 35.9 Å². The van der Waals surface area contributed by atoms with E-state index in [1.807, 2.05) is 30.3 Å². The van der Waals surface area contributed by atoms with E-state index in [1.54, 1.807) is 0 Å². The summed E-state index contributed by atoms with van der Waals surface area (Å²) in [6.45, 7) is 3.38. The van der Waals surface area contributed by atoms with Crippen LogP contribution in [-0.2, 0) is 4.79 Å². The summed E-state index contributed by atoms with van der Waals surface area (Å²) in [6, 6.07) is 8.96. The van der Waals surface area contributed by atoms with Gasteiger partial charge in [-0.25, -0.2) is 0 Å². The molecule has 0 bridgehead atoms. The van der Waals surface area contributed by atoms with E-state index in [9.17, 15) is 4.79 Å². The van der Waals surface area contributed by atoms with Gasteiger partial charge in [-0.1, -0.05) is 30.3 Å². The number of benzene rings is 1. The first-order valence-corrected chi connectivity index (χ1v) is 3.96. The van der Waals surface area contributed by atoms with Crippen molar-refractivity contribution < 1.29 is 9.90 Å². The van der Waals surface area contributed by atoms with Gasteiger partial charge in [-0.05, 0) is 12.3 Å². The molecule has 0 spiro atoms. The third-order valence-electron chi connectivity index (χ3n) is 1.77. The number of rotatable bonds is 4. The van der Waals surface area contributed by atoms with Gasteiger partial charge in [-0.3, -0.25) is 9.79 Å². The predicted molar refractivity (Wildman–Crippen MR) is 51.0 cm³/mol. The molecule has 0 aliphatic heterocycles. The molecule has 0 amide bonds. The normalized spacial score (nSPS) is 12.0. The SMILES string of the molecule is C=N[C@H](CC(=O)O)c1ccccc1. The minimum absolute atomic E-state index is 0.00644. The quantitative estimate of drug-likeness (QED) is 0.714. The summed E-state index contributed by atoms with van der Waals surface area (Å²) in [6.07, 6.45) is -0.00644. The number of nitrogens with zero attached hydrogens (tertiary/aromatic N) is 1. The predicted octanol–water partition coefficient (Wildman–Crippen LogP) is 1.90. The maximum Gasteiger partial charge on any atom is 0.305 e. The fourth-order valence-corrected chi connectivity index (χ4v) is 1.13. The molecule has 1 N–H and O–H groups in total. The maximum atomic E-state index is 10.5. The van der Waals surface area contributed by atoms with E-state index in [4.69, 9.17) is 5.11 Å². The highest BCUT2D eigenvalue weighted by Crippen LogP contribution is 2.19. The third-order valence-corrected chi connectivity index (χ3v) is 1.77. The molecule has 0 unspecified atom stereocenters. The van der Waals surface area contributed by atoms with E-state index in [1.165, 1.54) is 0 Å². The Balaban J connectivity index is 2.78. The van der Waals surface area contributed by atoms with Gasteiger partial charge < -0.3 is 5.11 Å². The van der Waals surface area contributed by atoms with E-state index < -0.39 is 5.97 Å². The zero-order valence-electron chi connectivity index (χ0n) is 7.18. The van der Waals surface area contributed by atoms with Gasteiger partial charge in [-0.2, -0.15) is 0 Å². The number of aliphatic carboxylic acids is 1. The minimum atomic E-state index is -0.860. The number of carbonyl (C=O) groups is 1. The van der Waals surface area contributed by atoms with Crippen molar-refractivity contribution in [2.45, 2.75) is 12.5 Å². The standard InChI is InChI=1S/C10H11NO2/c1-11-9(7-10(12)13)8-5-3-2-4-6-8/h2-6,9H,1,7H2,(H,12,13)/t9-/m1/s1. The fraction of sp³-hybridized carbons (Fsp3) is 0.200. The van der Waals surface area contributed by atoms with Gasteiger partial charge in [-0.15, -0.1) is 0 Å². The topological polar surface area (TPSA) is 49.7 Å². The molecule has 0 saturated heterocycles. The Bertz CT molecular complexity index is 295. The molecular weight excluding hydrogens is 166 g/mol. The van der Waals surface area contributed by atoms with Gasteiger partial charge >= 0.3 is 5.97 Å². The van der Waals surface area contributed by atoms with Crippen LogP contribution in [0.25, 0.3) is 0 Å². The monoisotopic (exact) mass is 177 g/mol. The zero-order chi connectivity index (χ0) is 9.68. The van der Waals surface area contributed by atoms with Crippen molar-refractivity contribution in [3.63, 3.8) is 0 Å². The first-order chi connectivity index (χ1) is 6.24. The van der Waals surface area contributed by atoms with Crippen LogP contribution in [0, 0.1) is 0 Å². The Morgan fingerprint density at radius 3 is 2.54 bits per heavy atom. The lowest BCUT2D eigenvalue weighted by Gasteiger charge is -2.08. The molecule has 0 aromatic heterocycles. The van der Waals surface area contributed by atoms with E-state index >= 15 is 0 Å². The largest absolute Gasteiger partial charge is 0.481 e. The second-order valence-corrected chi connectivity index (χ2v) is 2.71. The van der Waals surface area contributed by atoms with Crippen molar-refractivity contribution in [3.8, 4) is 0 Å². The second-order valence-electron chi connectivity index (χ2n) is 2.71. The average molecular weight is 177 g/mol. The summed E-state index contributed by atoms with van der Waals surface area (Å²) in [5, 5.41) is 8.59. The van der Waals surface area contributed by atoms with Crippen LogP contribution in [0.5, 0.6) is 0 Å². The lowest BCUT2D eigenvalue weighted by atomic mass is 10.1. The van der Waals surface area contributed by atoms with Crippen LogP contribution < -0.4 is 0 Å². The summed E-state index contributed by atoms with van der Waals surface area (Å²) in [5.41, 5.74) is 0.889. The molecule has 3 nitrogen and oxygen atoms in total. The van der Waals surface area contributed by atoms with Gasteiger partial charge in [0, 0.05) is 0 Å². The van der Waals surface area contributed by atoms with Crippen molar-refractivity contribution >= 4 is 12.7 Å². The summed E-state index contributed by atoms with van der Waals surface area (Å²) < 4.78 is 0. The molecule has 1 aromatic rings. The highest BCUT2D eigenvalue weighted by molar-refractivity contribution is 5.68. The molecule has 0 saturated carbocycles. The highest BCUT2D eigenvalue weighted by Gasteiger charge is 2.11. The molecule has 0 radical (unpaired) electrons. The summed E-state index contributed by atoms with van der Waals surface area (Å²) in [5.74, 6) is -0.860. The Hall–Kier alpha value is -1.64. The molecule has 1 atom stereocenters. The fourth-order valence-electron chi connectivity index (χ4n) is 1.13. The second kappa shape index (κ2) is 4.40. The van der Waals surface area contributed by atoms with Crippen LogP contribution in [0.1, 0.15) is 18.0 Å². The third kappa shape index (κ3) is 2.71. The van der Waals surface area contributed by atoms with E-state index in [0.717, 1.165) is 5.56 Å². The molecule has 0 heterocycles. The molecule has 0 aliphatic carbocycles. The van der Waals surface area contributed by atoms with Gasteiger partial charge in [0.25, 0.3) is 0 Å².